The van der Waals surface area contributed by atoms with Crippen LogP contribution in [0.1, 0.15) is 13.3 Å². The van der Waals surface area contributed by atoms with Gasteiger partial charge in [0.25, 0.3) is 5.91 Å². The first-order valence-electron chi connectivity index (χ1n) is 7.55. The molecular formula is C17H19FN2O4. The monoisotopic (exact) mass is 334 g/mol. The van der Waals surface area contributed by atoms with E-state index in [4.69, 9.17) is 14.6 Å². The van der Waals surface area contributed by atoms with E-state index in [-0.39, 0.29) is 19.0 Å². The minimum atomic E-state index is -0.827. The molecule has 1 aromatic heterocycles. The van der Waals surface area contributed by atoms with Crippen LogP contribution in [0.3, 0.4) is 0 Å². The highest BCUT2D eigenvalue weighted by molar-refractivity contribution is 5.94. The Morgan fingerprint density at radius 3 is 2.75 bits per heavy atom. The van der Waals surface area contributed by atoms with Gasteiger partial charge in [-0.25, -0.2) is 9.37 Å². The molecule has 1 amide bonds. The number of aromatic nitrogens is 1. The Morgan fingerprint density at radius 1 is 1.33 bits per heavy atom. The lowest BCUT2D eigenvalue weighted by atomic mass is 10.2. The van der Waals surface area contributed by atoms with E-state index >= 15 is 0 Å². The van der Waals surface area contributed by atoms with E-state index in [2.05, 4.69) is 10.3 Å². The molecule has 1 atom stereocenters. The molecule has 128 valence electrons. The topological polar surface area (TPSA) is 80.7 Å². The van der Waals surface area contributed by atoms with Crippen molar-refractivity contribution in [1.82, 2.24) is 4.98 Å². The lowest BCUT2D eigenvalue weighted by molar-refractivity contribution is -0.122. The van der Waals surface area contributed by atoms with Crippen LogP contribution in [0.15, 0.2) is 42.6 Å². The zero-order valence-electron chi connectivity index (χ0n) is 13.2. The molecule has 0 saturated carbocycles. The van der Waals surface area contributed by atoms with Gasteiger partial charge in [0, 0.05) is 6.07 Å². The van der Waals surface area contributed by atoms with E-state index in [1.165, 1.54) is 18.3 Å². The summed E-state index contributed by atoms with van der Waals surface area (Å²) in [5.74, 6) is -0.538. The Hall–Kier alpha value is -2.67. The first-order valence-corrected chi connectivity index (χ1v) is 7.55. The Balaban J connectivity index is 1.97. The Bertz CT molecular complexity index is 664. The van der Waals surface area contributed by atoms with Crippen molar-refractivity contribution in [1.29, 1.82) is 0 Å². The number of rotatable bonds is 8. The summed E-state index contributed by atoms with van der Waals surface area (Å²) in [6.07, 6.45) is 0.985. The summed E-state index contributed by atoms with van der Waals surface area (Å²) >= 11 is 0. The fraction of sp³-hybridized carbons (Fsp3) is 0.294. The van der Waals surface area contributed by atoms with Crippen molar-refractivity contribution in [2.24, 2.45) is 0 Å². The number of carbonyl (C=O) groups is 1. The SMILES string of the molecule is CCC(Oc1ccccc1F)C(=O)Nc1ccc(OCCO)nc1. The molecular weight excluding hydrogens is 315 g/mol. The first kappa shape index (κ1) is 17.7. The van der Waals surface area contributed by atoms with E-state index in [0.29, 0.717) is 18.0 Å². The molecule has 0 aliphatic heterocycles. The summed E-state index contributed by atoms with van der Waals surface area (Å²) < 4.78 is 24.2. The zero-order chi connectivity index (χ0) is 17.4. The van der Waals surface area contributed by atoms with Crippen LogP contribution >= 0.6 is 0 Å². The van der Waals surface area contributed by atoms with Gasteiger partial charge in [-0.2, -0.15) is 0 Å². The number of para-hydroxylation sites is 1. The number of carbonyl (C=O) groups excluding carboxylic acids is 1. The lowest BCUT2D eigenvalue weighted by Gasteiger charge is -2.17. The summed E-state index contributed by atoms with van der Waals surface area (Å²) in [6, 6.07) is 9.12. The van der Waals surface area contributed by atoms with Crippen molar-refractivity contribution in [3.05, 3.63) is 48.4 Å². The third-order valence-electron chi connectivity index (χ3n) is 3.11. The maximum Gasteiger partial charge on any atom is 0.265 e. The molecule has 1 aromatic carbocycles. The minimum absolute atomic E-state index is 0.0328. The molecule has 0 aliphatic carbocycles. The van der Waals surface area contributed by atoms with Crippen molar-refractivity contribution in [3.8, 4) is 11.6 Å². The van der Waals surface area contributed by atoms with Crippen LogP contribution in [0.25, 0.3) is 0 Å². The molecule has 6 nitrogen and oxygen atoms in total. The number of nitrogens with one attached hydrogen (secondary N) is 1. The summed E-state index contributed by atoms with van der Waals surface area (Å²) in [5.41, 5.74) is 0.465. The number of pyridine rings is 1. The van der Waals surface area contributed by atoms with Crippen molar-refractivity contribution in [2.45, 2.75) is 19.4 Å². The largest absolute Gasteiger partial charge is 0.478 e. The quantitative estimate of drug-likeness (QED) is 0.775. The number of amides is 1. The Labute approximate surface area is 139 Å². The molecule has 0 spiro atoms. The van der Waals surface area contributed by atoms with Gasteiger partial charge in [0.1, 0.15) is 6.61 Å². The van der Waals surface area contributed by atoms with Gasteiger partial charge in [0.15, 0.2) is 17.7 Å². The number of anilines is 1. The molecule has 7 heteroatoms. The number of nitrogens with zero attached hydrogens (tertiary/aromatic N) is 1. The minimum Gasteiger partial charge on any atom is -0.478 e. The molecule has 0 fully saturated rings. The molecule has 2 aromatic rings. The number of aliphatic hydroxyl groups is 1. The van der Waals surface area contributed by atoms with E-state index in [1.54, 1.807) is 31.2 Å². The highest BCUT2D eigenvalue weighted by atomic mass is 19.1. The van der Waals surface area contributed by atoms with Crippen molar-refractivity contribution in [3.63, 3.8) is 0 Å². The first-order chi connectivity index (χ1) is 11.6. The summed E-state index contributed by atoms with van der Waals surface area (Å²) in [5, 5.41) is 11.3. The van der Waals surface area contributed by atoms with Crippen molar-refractivity contribution in [2.75, 3.05) is 18.5 Å². The van der Waals surface area contributed by atoms with Gasteiger partial charge < -0.3 is 19.9 Å². The van der Waals surface area contributed by atoms with Crippen LogP contribution in [-0.2, 0) is 4.79 Å². The van der Waals surface area contributed by atoms with Gasteiger partial charge in [-0.15, -0.1) is 0 Å². The van der Waals surface area contributed by atoms with E-state index in [0.717, 1.165) is 0 Å². The maximum atomic E-state index is 13.6. The number of ether oxygens (including phenoxy) is 2. The van der Waals surface area contributed by atoms with E-state index < -0.39 is 17.8 Å². The van der Waals surface area contributed by atoms with Gasteiger partial charge in [-0.1, -0.05) is 19.1 Å². The predicted octanol–water partition coefficient (Wildman–Crippen LogP) is 2.39. The second kappa shape index (κ2) is 8.83. The number of aliphatic hydroxyl groups excluding tert-OH is 1. The lowest BCUT2D eigenvalue weighted by Crippen LogP contribution is -2.32. The maximum absolute atomic E-state index is 13.6. The van der Waals surface area contributed by atoms with Crippen molar-refractivity contribution >= 4 is 11.6 Å². The Kier molecular flexibility index (Phi) is 6.51. The summed E-state index contributed by atoms with van der Waals surface area (Å²) in [4.78, 5) is 16.3. The molecule has 0 saturated heterocycles. The highest BCUT2D eigenvalue weighted by Gasteiger charge is 2.20. The molecule has 0 aliphatic rings. The van der Waals surface area contributed by atoms with Crippen LogP contribution in [-0.4, -0.2) is 35.3 Å². The molecule has 2 N–H and O–H groups in total. The van der Waals surface area contributed by atoms with Crippen LogP contribution < -0.4 is 14.8 Å². The van der Waals surface area contributed by atoms with Gasteiger partial charge in [0.05, 0.1) is 18.5 Å². The van der Waals surface area contributed by atoms with Crippen LogP contribution in [0.2, 0.25) is 0 Å². The fourth-order valence-corrected chi connectivity index (χ4v) is 1.93. The summed E-state index contributed by atoms with van der Waals surface area (Å²) in [6.45, 7) is 1.81. The van der Waals surface area contributed by atoms with Crippen molar-refractivity contribution < 1.29 is 23.8 Å². The number of hydrogen-bond donors (Lipinski definition) is 2. The molecule has 1 unspecified atom stereocenters. The van der Waals surface area contributed by atoms with Crippen LogP contribution in [0, 0.1) is 5.82 Å². The van der Waals surface area contributed by atoms with Gasteiger partial charge in [0.2, 0.25) is 5.88 Å². The third kappa shape index (κ3) is 4.92. The number of halogens is 1. The molecule has 2 rings (SSSR count). The normalized spacial score (nSPS) is 11.6. The zero-order valence-corrected chi connectivity index (χ0v) is 13.2. The standard InChI is InChI=1S/C17H19FN2O4/c1-2-14(24-15-6-4-3-5-13(15)18)17(22)20-12-7-8-16(19-11-12)23-10-9-21/h3-8,11,14,21H,2,9-10H2,1H3,(H,20,22). The molecule has 0 radical (unpaired) electrons. The number of hydrogen-bond acceptors (Lipinski definition) is 5. The predicted molar refractivity (Wildman–Crippen MR) is 86.6 cm³/mol. The number of benzene rings is 1. The fourth-order valence-electron chi connectivity index (χ4n) is 1.93. The average Bonchev–Trinajstić information content (AvgIpc) is 2.60. The molecule has 0 bridgehead atoms. The van der Waals surface area contributed by atoms with Gasteiger partial charge in [-0.3, -0.25) is 4.79 Å². The highest BCUT2D eigenvalue weighted by Crippen LogP contribution is 2.19. The third-order valence-corrected chi connectivity index (χ3v) is 3.11. The Morgan fingerprint density at radius 2 is 2.12 bits per heavy atom. The second-order valence-corrected chi connectivity index (χ2v) is 4.89. The second-order valence-electron chi connectivity index (χ2n) is 4.89. The van der Waals surface area contributed by atoms with Crippen LogP contribution in [0.5, 0.6) is 11.6 Å². The smallest absolute Gasteiger partial charge is 0.265 e. The molecule has 1 heterocycles. The van der Waals surface area contributed by atoms with Gasteiger partial charge in [-0.05, 0) is 24.6 Å². The van der Waals surface area contributed by atoms with Gasteiger partial charge >= 0.3 is 0 Å². The molecule has 24 heavy (non-hydrogen) atoms. The van der Waals surface area contributed by atoms with E-state index in [9.17, 15) is 9.18 Å². The summed E-state index contributed by atoms with van der Waals surface area (Å²) in [7, 11) is 0. The van der Waals surface area contributed by atoms with E-state index in [1.807, 2.05) is 0 Å². The van der Waals surface area contributed by atoms with Crippen LogP contribution in [0.4, 0.5) is 10.1 Å². The average molecular weight is 334 g/mol.